The summed E-state index contributed by atoms with van der Waals surface area (Å²) in [6, 6.07) is 10.3. The van der Waals surface area contributed by atoms with E-state index in [2.05, 4.69) is 52.4 Å². The van der Waals surface area contributed by atoms with Crippen LogP contribution < -0.4 is 5.32 Å². The van der Waals surface area contributed by atoms with E-state index in [1.54, 1.807) is 0 Å². The van der Waals surface area contributed by atoms with E-state index < -0.39 is 0 Å². The highest BCUT2D eigenvalue weighted by Gasteiger charge is 2.34. The second-order valence-corrected chi connectivity index (χ2v) is 6.63. The van der Waals surface area contributed by atoms with Gasteiger partial charge in [-0.15, -0.1) is 0 Å². The topological polar surface area (TPSA) is 12.0 Å². The first-order valence-electron chi connectivity index (χ1n) is 6.74. The Morgan fingerprint density at radius 1 is 1.29 bits per heavy atom. The van der Waals surface area contributed by atoms with Gasteiger partial charge in [0.2, 0.25) is 0 Å². The molecule has 0 saturated heterocycles. The van der Waals surface area contributed by atoms with Crippen LogP contribution in [-0.4, -0.2) is 12.1 Å². The molecule has 1 nitrogen and oxygen atoms in total. The van der Waals surface area contributed by atoms with Gasteiger partial charge in [-0.05, 0) is 62.1 Å². The predicted octanol–water partition coefficient (Wildman–Crippen LogP) is 4.08. The van der Waals surface area contributed by atoms with Crippen molar-refractivity contribution in [3.63, 3.8) is 0 Å². The Kier molecular flexibility index (Phi) is 3.27. The Morgan fingerprint density at radius 3 is 2.71 bits per heavy atom. The van der Waals surface area contributed by atoms with Crippen LogP contribution in [-0.2, 0) is 0 Å². The molecule has 0 spiro atoms. The average Bonchev–Trinajstić information content (AvgIpc) is 3.05. The Labute approximate surface area is 112 Å². The van der Waals surface area contributed by atoms with Crippen molar-refractivity contribution in [1.82, 2.24) is 5.32 Å². The number of benzene rings is 1. The third-order valence-corrected chi connectivity index (χ3v) is 4.78. The molecule has 0 heterocycles. The lowest BCUT2D eigenvalue weighted by molar-refractivity contribution is 0.260. The summed E-state index contributed by atoms with van der Waals surface area (Å²) in [6.45, 7) is 2.35. The smallest absolute Gasteiger partial charge is 0.0178 e. The molecule has 2 fully saturated rings. The highest BCUT2D eigenvalue weighted by atomic mass is 79.9. The fourth-order valence-electron chi connectivity index (χ4n) is 2.89. The van der Waals surface area contributed by atoms with Gasteiger partial charge in [0, 0.05) is 16.6 Å². The predicted molar refractivity (Wildman–Crippen MR) is 75.2 cm³/mol. The summed E-state index contributed by atoms with van der Waals surface area (Å²) in [5, 5.41) is 3.78. The monoisotopic (exact) mass is 293 g/mol. The number of rotatable bonds is 4. The summed E-state index contributed by atoms with van der Waals surface area (Å²) in [5.74, 6) is 1.75. The molecule has 1 unspecified atom stereocenters. The van der Waals surface area contributed by atoms with E-state index in [0.717, 1.165) is 23.9 Å². The van der Waals surface area contributed by atoms with Crippen molar-refractivity contribution in [2.45, 2.75) is 50.6 Å². The van der Waals surface area contributed by atoms with Crippen molar-refractivity contribution < 1.29 is 0 Å². The first-order chi connectivity index (χ1) is 8.22. The lowest BCUT2D eigenvalue weighted by Crippen LogP contribution is -2.45. The molecule has 0 radical (unpaired) electrons. The van der Waals surface area contributed by atoms with Gasteiger partial charge in [-0.2, -0.15) is 0 Å². The van der Waals surface area contributed by atoms with E-state index in [9.17, 15) is 0 Å². The zero-order valence-corrected chi connectivity index (χ0v) is 11.9. The molecular formula is C15H20BrN. The van der Waals surface area contributed by atoms with E-state index in [1.807, 2.05) is 0 Å². The maximum Gasteiger partial charge on any atom is 0.0178 e. The van der Waals surface area contributed by atoms with Gasteiger partial charge in [0.1, 0.15) is 0 Å². The minimum Gasteiger partial charge on any atom is -0.311 e. The van der Waals surface area contributed by atoms with Crippen molar-refractivity contribution in [3.05, 3.63) is 34.3 Å². The molecule has 2 heteroatoms. The second-order valence-electron chi connectivity index (χ2n) is 5.71. The molecular weight excluding hydrogens is 274 g/mol. The Morgan fingerprint density at radius 2 is 2.06 bits per heavy atom. The molecule has 1 aromatic carbocycles. The average molecular weight is 294 g/mol. The fourth-order valence-corrected chi connectivity index (χ4v) is 3.31. The van der Waals surface area contributed by atoms with Gasteiger partial charge in [0.15, 0.2) is 0 Å². The molecule has 1 aromatic rings. The minimum absolute atomic E-state index is 0.739. The van der Waals surface area contributed by atoms with Crippen LogP contribution in [0.5, 0.6) is 0 Å². The third-order valence-electron chi connectivity index (χ3n) is 4.29. The number of hydrogen-bond donors (Lipinski definition) is 1. The van der Waals surface area contributed by atoms with E-state index in [4.69, 9.17) is 0 Å². The largest absolute Gasteiger partial charge is 0.311 e. The van der Waals surface area contributed by atoms with Gasteiger partial charge in [0.25, 0.3) is 0 Å². The maximum atomic E-state index is 3.78. The van der Waals surface area contributed by atoms with Crippen LogP contribution in [0.15, 0.2) is 28.7 Å². The van der Waals surface area contributed by atoms with Crippen LogP contribution >= 0.6 is 15.9 Å². The van der Waals surface area contributed by atoms with Crippen LogP contribution in [0.3, 0.4) is 0 Å². The second kappa shape index (κ2) is 4.74. The lowest BCUT2D eigenvalue weighted by Gasteiger charge is -2.38. The lowest BCUT2D eigenvalue weighted by atomic mass is 9.75. The zero-order chi connectivity index (χ0) is 11.8. The molecule has 1 atom stereocenters. The van der Waals surface area contributed by atoms with Gasteiger partial charge >= 0.3 is 0 Å². The minimum atomic E-state index is 0.739. The summed E-state index contributed by atoms with van der Waals surface area (Å²) >= 11 is 3.55. The Bertz CT molecular complexity index is 394. The fraction of sp³-hybridized carbons (Fsp3) is 0.600. The molecule has 0 aromatic heterocycles. The Hall–Kier alpha value is -0.340. The summed E-state index contributed by atoms with van der Waals surface area (Å²) in [5.41, 5.74) is 1.50. The molecule has 0 amide bonds. The summed E-state index contributed by atoms with van der Waals surface area (Å²) in [7, 11) is 0. The van der Waals surface area contributed by atoms with E-state index >= 15 is 0 Å². The summed E-state index contributed by atoms with van der Waals surface area (Å²) in [4.78, 5) is 0. The first-order valence-corrected chi connectivity index (χ1v) is 7.53. The SMILES string of the molecule is CC(NC1CC(c2cccc(Br)c2)C1)C1CC1. The van der Waals surface area contributed by atoms with Crippen LogP contribution in [0.2, 0.25) is 0 Å². The first kappa shape index (κ1) is 11.7. The normalized spacial score (nSPS) is 29.8. The van der Waals surface area contributed by atoms with Gasteiger partial charge < -0.3 is 5.32 Å². The van der Waals surface area contributed by atoms with Crippen LogP contribution in [0.1, 0.15) is 44.1 Å². The Balaban J connectivity index is 1.50. The zero-order valence-electron chi connectivity index (χ0n) is 10.3. The van der Waals surface area contributed by atoms with Gasteiger partial charge in [-0.25, -0.2) is 0 Å². The molecule has 17 heavy (non-hydrogen) atoms. The quantitative estimate of drug-likeness (QED) is 0.882. The van der Waals surface area contributed by atoms with E-state index in [0.29, 0.717) is 0 Å². The van der Waals surface area contributed by atoms with Crippen molar-refractivity contribution >= 4 is 15.9 Å². The van der Waals surface area contributed by atoms with Crippen molar-refractivity contribution in [3.8, 4) is 0 Å². The van der Waals surface area contributed by atoms with Crippen molar-refractivity contribution in [2.24, 2.45) is 5.92 Å². The van der Waals surface area contributed by atoms with Gasteiger partial charge in [-0.3, -0.25) is 0 Å². The molecule has 2 aliphatic rings. The standard InChI is InChI=1S/C15H20BrN/c1-10(11-5-6-11)17-15-8-13(9-15)12-3-2-4-14(16)7-12/h2-4,7,10-11,13,15,17H,5-6,8-9H2,1H3. The van der Waals surface area contributed by atoms with E-state index in [1.165, 1.54) is 35.7 Å². The summed E-state index contributed by atoms with van der Waals surface area (Å²) < 4.78 is 1.21. The van der Waals surface area contributed by atoms with Crippen LogP contribution in [0, 0.1) is 5.92 Å². The molecule has 0 bridgehead atoms. The van der Waals surface area contributed by atoms with Crippen molar-refractivity contribution in [1.29, 1.82) is 0 Å². The number of hydrogen-bond acceptors (Lipinski definition) is 1. The van der Waals surface area contributed by atoms with E-state index in [-0.39, 0.29) is 0 Å². The van der Waals surface area contributed by atoms with Crippen molar-refractivity contribution in [2.75, 3.05) is 0 Å². The molecule has 3 rings (SSSR count). The van der Waals surface area contributed by atoms with Gasteiger partial charge in [0.05, 0.1) is 0 Å². The molecule has 0 aliphatic heterocycles. The molecule has 2 saturated carbocycles. The highest BCUT2D eigenvalue weighted by Crippen LogP contribution is 2.39. The van der Waals surface area contributed by atoms with Gasteiger partial charge in [-0.1, -0.05) is 28.1 Å². The molecule has 1 N–H and O–H groups in total. The summed E-state index contributed by atoms with van der Waals surface area (Å²) in [6.07, 6.45) is 5.51. The molecule has 2 aliphatic carbocycles. The highest BCUT2D eigenvalue weighted by molar-refractivity contribution is 9.10. The number of halogens is 1. The van der Waals surface area contributed by atoms with Crippen LogP contribution in [0.25, 0.3) is 0 Å². The maximum absolute atomic E-state index is 3.78. The number of nitrogens with one attached hydrogen (secondary N) is 1. The molecule has 92 valence electrons. The third kappa shape index (κ3) is 2.74. The van der Waals surface area contributed by atoms with Crippen LogP contribution in [0.4, 0.5) is 0 Å².